The fraction of sp³-hybridized carbons (Fsp3) is 0.0189. The lowest BCUT2D eigenvalue weighted by atomic mass is 9.97. The van der Waals surface area contributed by atoms with E-state index in [2.05, 4.69) is 229 Å². The van der Waals surface area contributed by atoms with E-state index < -0.39 is 0 Å². The molecule has 10 aromatic rings. The van der Waals surface area contributed by atoms with Gasteiger partial charge in [-0.1, -0.05) is 181 Å². The Kier molecular flexibility index (Phi) is 8.08. The lowest BCUT2D eigenvalue weighted by Crippen LogP contribution is -2.11. The van der Waals surface area contributed by atoms with Crippen molar-refractivity contribution in [1.29, 1.82) is 0 Å². The number of nitrogens with zero attached hydrogens (tertiary/aromatic N) is 2. The predicted molar refractivity (Wildman–Crippen MR) is 234 cm³/mol. The summed E-state index contributed by atoms with van der Waals surface area (Å²) in [4.78, 5) is 2.46. The standard InChI is InChI=1S/C53H38N2/c1-37-27-29-42(30-28-37)46-36-33-41-19-8-9-21-45(41)53(46)55-49-24-13-11-22-47(49)52-50(25-14-26-51(52)55)54(43-34-31-39(32-35-43)38-15-4-2-5-16-38)48-23-12-10-20-44(48)40-17-6-3-7-18-40/h2-36H,1H3. The third-order valence-corrected chi connectivity index (χ3v) is 10.9. The van der Waals surface area contributed by atoms with Crippen molar-refractivity contribution in [2.24, 2.45) is 0 Å². The van der Waals surface area contributed by atoms with E-state index in [0.717, 1.165) is 22.6 Å². The van der Waals surface area contributed by atoms with Gasteiger partial charge in [-0.25, -0.2) is 0 Å². The number of hydrogen-bond donors (Lipinski definition) is 0. The molecule has 10 rings (SSSR count). The molecule has 0 atom stereocenters. The second-order valence-electron chi connectivity index (χ2n) is 14.2. The van der Waals surface area contributed by atoms with Crippen LogP contribution in [0.5, 0.6) is 0 Å². The van der Waals surface area contributed by atoms with E-state index in [-0.39, 0.29) is 0 Å². The van der Waals surface area contributed by atoms with Crippen LogP contribution in [-0.4, -0.2) is 4.57 Å². The van der Waals surface area contributed by atoms with Gasteiger partial charge in [-0.3, -0.25) is 0 Å². The molecular weight excluding hydrogens is 665 g/mol. The van der Waals surface area contributed by atoms with E-state index in [1.54, 1.807) is 0 Å². The van der Waals surface area contributed by atoms with Gasteiger partial charge in [0.05, 0.1) is 28.1 Å². The molecule has 0 aliphatic rings. The van der Waals surface area contributed by atoms with Crippen LogP contribution in [0.15, 0.2) is 212 Å². The average Bonchev–Trinajstić information content (AvgIpc) is 3.59. The highest BCUT2D eigenvalue weighted by molar-refractivity contribution is 6.18. The van der Waals surface area contributed by atoms with Crippen LogP contribution in [0.2, 0.25) is 0 Å². The zero-order valence-electron chi connectivity index (χ0n) is 30.6. The van der Waals surface area contributed by atoms with Crippen LogP contribution in [-0.2, 0) is 0 Å². The Hall–Kier alpha value is -7.16. The van der Waals surface area contributed by atoms with E-state index in [4.69, 9.17) is 0 Å². The lowest BCUT2D eigenvalue weighted by molar-refractivity contribution is 1.20. The summed E-state index contributed by atoms with van der Waals surface area (Å²) in [7, 11) is 0. The van der Waals surface area contributed by atoms with Crippen molar-refractivity contribution in [2.45, 2.75) is 6.92 Å². The minimum atomic E-state index is 1.10. The van der Waals surface area contributed by atoms with Gasteiger partial charge in [0.25, 0.3) is 0 Å². The number of fused-ring (bicyclic) bond motifs is 4. The molecule has 2 heteroatoms. The monoisotopic (exact) mass is 702 g/mol. The highest BCUT2D eigenvalue weighted by atomic mass is 15.2. The van der Waals surface area contributed by atoms with Crippen molar-refractivity contribution in [2.75, 3.05) is 4.90 Å². The molecule has 0 bridgehead atoms. The number of benzene rings is 9. The van der Waals surface area contributed by atoms with Crippen molar-refractivity contribution in [1.82, 2.24) is 4.57 Å². The third kappa shape index (κ3) is 5.67. The summed E-state index contributed by atoms with van der Waals surface area (Å²) in [6, 6.07) is 77.1. The van der Waals surface area contributed by atoms with Gasteiger partial charge >= 0.3 is 0 Å². The Morgan fingerprint density at radius 2 is 0.927 bits per heavy atom. The van der Waals surface area contributed by atoms with E-state index in [9.17, 15) is 0 Å². The SMILES string of the molecule is Cc1ccc(-c2ccc3ccccc3c2-n2c3ccccc3c3c(N(c4ccc(-c5ccccc5)cc4)c4ccccc4-c4ccccc4)cccc32)cc1. The van der Waals surface area contributed by atoms with Gasteiger partial charge in [-0.2, -0.15) is 0 Å². The first-order valence-electron chi connectivity index (χ1n) is 18.9. The van der Waals surface area contributed by atoms with Crippen LogP contribution in [0.4, 0.5) is 17.1 Å². The molecule has 0 amide bonds. The average molecular weight is 703 g/mol. The molecule has 260 valence electrons. The van der Waals surface area contributed by atoms with Crippen LogP contribution in [0, 0.1) is 6.92 Å². The van der Waals surface area contributed by atoms with Crippen molar-refractivity contribution in [3.63, 3.8) is 0 Å². The summed E-state index contributed by atoms with van der Waals surface area (Å²) in [5, 5.41) is 4.85. The van der Waals surface area contributed by atoms with Gasteiger partial charge in [-0.05, 0) is 71.0 Å². The first-order chi connectivity index (χ1) is 27.2. The van der Waals surface area contributed by atoms with Gasteiger partial charge in [0.2, 0.25) is 0 Å². The molecule has 0 unspecified atom stereocenters. The minimum Gasteiger partial charge on any atom is -0.309 e. The fourth-order valence-corrected chi connectivity index (χ4v) is 8.26. The Morgan fingerprint density at radius 3 is 1.71 bits per heavy atom. The first kappa shape index (κ1) is 32.5. The molecule has 0 aliphatic carbocycles. The van der Waals surface area contributed by atoms with Crippen molar-refractivity contribution >= 4 is 49.6 Å². The van der Waals surface area contributed by atoms with Gasteiger partial charge in [-0.15, -0.1) is 0 Å². The number of para-hydroxylation sites is 2. The van der Waals surface area contributed by atoms with E-state index in [0.29, 0.717) is 0 Å². The van der Waals surface area contributed by atoms with Crippen LogP contribution < -0.4 is 4.90 Å². The van der Waals surface area contributed by atoms with Gasteiger partial charge in [0.1, 0.15) is 0 Å². The van der Waals surface area contributed by atoms with Gasteiger partial charge < -0.3 is 9.47 Å². The molecule has 0 spiro atoms. The largest absolute Gasteiger partial charge is 0.309 e. The summed E-state index contributed by atoms with van der Waals surface area (Å²) in [5.74, 6) is 0. The normalized spacial score (nSPS) is 11.4. The molecule has 1 aromatic heterocycles. The van der Waals surface area contributed by atoms with Crippen LogP contribution >= 0.6 is 0 Å². The smallest absolute Gasteiger partial charge is 0.0618 e. The maximum Gasteiger partial charge on any atom is 0.0618 e. The topological polar surface area (TPSA) is 8.17 Å². The maximum absolute atomic E-state index is 2.51. The van der Waals surface area contributed by atoms with E-state index >= 15 is 0 Å². The number of aryl methyl sites for hydroxylation is 1. The summed E-state index contributed by atoms with van der Waals surface area (Å²) < 4.78 is 2.51. The number of rotatable bonds is 7. The molecule has 2 nitrogen and oxygen atoms in total. The van der Waals surface area contributed by atoms with E-state index in [1.165, 1.54) is 71.7 Å². The Labute approximate surface area is 321 Å². The molecule has 0 saturated carbocycles. The Morgan fingerprint density at radius 1 is 0.364 bits per heavy atom. The zero-order valence-corrected chi connectivity index (χ0v) is 30.6. The molecule has 0 aliphatic heterocycles. The molecule has 0 fully saturated rings. The van der Waals surface area contributed by atoms with Crippen molar-refractivity contribution < 1.29 is 0 Å². The number of hydrogen-bond acceptors (Lipinski definition) is 1. The van der Waals surface area contributed by atoms with E-state index in [1.807, 2.05) is 0 Å². The van der Waals surface area contributed by atoms with Gasteiger partial charge in [0, 0.05) is 33.0 Å². The van der Waals surface area contributed by atoms with Crippen molar-refractivity contribution in [3.8, 4) is 39.1 Å². The molecule has 1 heterocycles. The Bertz CT molecular complexity index is 2960. The quantitative estimate of drug-likeness (QED) is 0.160. The molecule has 9 aromatic carbocycles. The van der Waals surface area contributed by atoms with Crippen LogP contribution in [0.1, 0.15) is 5.56 Å². The number of aromatic nitrogens is 1. The van der Waals surface area contributed by atoms with Crippen molar-refractivity contribution in [3.05, 3.63) is 218 Å². The first-order valence-corrected chi connectivity index (χ1v) is 18.9. The summed E-state index contributed by atoms with van der Waals surface area (Å²) in [5.41, 5.74) is 15.3. The second-order valence-corrected chi connectivity index (χ2v) is 14.2. The third-order valence-electron chi connectivity index (χ3n) is 10.9. The summed E-state index contributed by atoms with van der Waals surface area (Å²) >= 11 is 0. The van der Waals surface area contributed by atoms with Gasteiger partial charge in [0.15, 0.2) is 0 Å². The molecule has 0 saturated heterocycles. The second kappa shape index (κ2) is 13.7. The molecule has 55 heavy (non-hydrogen) atoms. The lowest BCUT2D eigenvalue weighted by Gasteiger charge is -2.29. The van der Waals surface area contributed by atoms with Crippen LogP contribution in [0.25, 0.3) is 71.6 Å². The van der Waals surface area contributed by atoms with Crippen LogP contribution in [0.3, 0.4) is 0 Å². The fourth-order valence-electron chi connectivity index (χ4n) is 8.26. The number of anilines is 3. The summed E-state index contributed by atoms with van der Waals surface area (Å²) in [6.07, 6.45) is 0. The highest BCUT2D eigenvalue weighted by Gasteiger charge is 2.24. The molecule has 0 radical (unpaired) electrons. The molecule has 0 N–H and O–H groups in total. The predicted octanol–water partition coefficient (Wildman–Crippen LogP) is 14.7. The zero-order chi connectivity index (χ0) is 36.7. The summed E-state index contributed by atoms with van der Waals surface area (Å²) in [6.45, 7) is 2.15. The Balaban J connectivity index is 1.28. The minimum absolute atomic E-state index is 1.10. The molecular formula is C53H38N2. The maximum atomic E-state index is 2.51. The highest BCUT2D eigenvalue weighted by Crippen LogP contribution is 2.48.